The van der Waals surface area contributed by atoms with E-state index in [-0.39, 0.29) is 12.3 Å². The third-order valence-corrected chi connectivity index (χ3v) is 3.27. The minimum Gasteiger partial charge on any atom is -0.481 e. The summed E-state index contributed by atoms with van der Waals surface area (Å²) in [5, 5.41) is 11.2. The zero-order valence-electron chi connectivity index (χ0n) is 9.86. The molecule has 0 atom stereocenters. The Morgan fingerprint density at radius 1 is 1.35 bits per heavy atom. The first-order valence-electron chi connectivity index (χ1n) is 5.62. The van der Waals surface area contributed by atoms with Gasteiger partial charge in [0.1, 0.15) is 0 Å². The lowest BCUT2D eigenvalue weighted by atomic mass is 10.2. The fourth-order valence-electron chi connectivity index (χ4n) is 1.43. The summed E-state index contributed by atoms with van der Waals surface area (Å²) in [6, 6.07) is 3.96. The van der Waals surface area contributed by atoms with Crippen LogP contribution >= 0.6 is 11.3 Å². The van der Waals surface area contributed by atoms with Gasteiger partial charge in [0.05, 0.1) is 6.42 Å². The molecular formula is C12H17NO3S. The molecule has 0 aliphatic rings. The van der Waals surface area contributed by atoms with Crippen molar-refractivity contribution in [2.75, 3.05) is 6.54 Å². The second-order valence-electron chi connectivity index (χ2n) is 3.89. The van der Waals surface area contributed by atoms with Crippen LogP contribution in [-0.4, -0.2) is 23.5 Å². The van der Waals surface area contributed by atoms with Gasteiger partial charge in [-0.1, -0.05) is 0 Å². The van der Waals surface area contributed by atoms with Crippen molar-refractivity contribution in [3.63, 3.8) is 0 Å². The molecule has 0 aromatic carbocycles. The van der Waals surface area contributed by atoms with Crippen LogP contribution in [0, 0.1) is 6.92 Å². The lowest BCUT2D eigenvalue weighted by molar-refractivity contribution is -0.137. The monoisotopic (exact) mass is 255 g/mol. The van der Waals surface area contributed by atoms with E-state index in [1.54, 1.807) is 11.3 Å². The van der Waals surface area contributed by atoms with Gasteiger partial charge in [-0.25, -0.2) is 0 Å². The summed E-state index contributed by atoms with van der Waals surface area (Å²) in [6.45, 7) is 2.56. The highest BCUT2D eigenvalue weighted by Crippen LogP contribution is 2.15. The smallest absolute Gasteiger partial charge is 0.303 e. The number of unbranched alkanes of at least 4 members (excludes halogenated alkanes) is 1. The second kappa shape index (κ2) is 7.06. The quantitative estimate of drug-likeness (QED) is 0.732. The van der Waals surface area contributed by atoms with E-state index in [1.807, 2.05) is 19.1 Å². The summed E-state index contributed by atoms with van der Waals surface area (Å²) in [6.07, 6.45) is 1.90. The number of nitrogens with one attached hydrogen (secondary N) is 1. The van der Waals surface area contributed by atoms with Crippen molar-refractivity contribution in [2.24, 2.45) is 0 Å². The number of hydrogen-bond acceptors (Lipinski definition) is 3. The molecule has 0 saturated carbocycles. The third-order valence-electron chi connectivity index (χ3n) is 2.27. The van der Waals surface area contributed by atoms with Crippen molar-refractivity contribution in [3.8, 4) is 0 Å². The number of carbonyl (C=O) groups excluding carboxylic acids is 1. The van der Waals surface area contributed by atoms with Crippen molar-refractivity contribution in [1.82, 2.24) is 5.32 Å². The average Bonchev–Trinajstić information content (AvgIpc) is 2.63. The molecule has 1 aromatic heterocycles. The lowest BCUT2D eigenvalue weighted by Crippen LogP contribution is -2.25. The Morgan fingerprint density at radius 2 is 2.12 bits per heavy atom. The van der Waals surface area contributed by atoms with Crippen LogP contribution in [-0.2, 0) is 16.0 Å². The fraction of sp³-hybridized carbons (Fsp3) is 0.500. The average molecular weight is 255 g/mol. The highest BCUT2D eigenvalue weighted by Gasteiger charge is 2.04. The Kier molecular flexibility index (Phi) is 5.69. The van der Waals surface area contributed by atoms with E-state index in [0.717, 1.165) is 4.88 Å². The van der Waals surface area contributed by atoms with Gasteiger partial charge in [-0.05, 0) is 31.9 Å². The minimum atomic E-state index is -0.787. The molecule has 1 rings (SSSR count). The number of aryl methyl sites for hydroxylation is 1. The number of carboxylic acids is 1. The first-order valence-corrected chi connectivity index (χ1v) is 6.43. The van der Waals surface area contributed by atoms with Gasteiger partial charge in [0, 0.05) is 22.7 Å². The predicted molar refractivity (Wildman–Crippen MR) is 67.3 cm³/mol. The number of carboxylic acid groups (broad SMARTS) is 1. The van der Waals surface area contributed by atoms with E-state index in [9.17, 15) is 9.59 Å². The van der Waals surface area contributed by atoms with E-state index in [1.165, 1.54) is 4.88 Å². The molecule has 2 N–H and O–H groups in total. The Labute approximate surface area is 105 Å². The van der Waals surface area contributed by atoms with Crippen molar-refractivity contribution in [1.29, 1.82) is 0 Å². The molecule has 17 heavy (non-hydrogen) atoms. The van der Waals surface area contributed by atoms with Gasteiger partial charge in [-0.3, -0.25) is 9.59 Å². The Morgan fingerprint density at radius 3 is 2.71 bits per heavy atom. The standard InChI is InChI=1S/C12H17NO3S/c1-9-5-6-10(17-9)8-11(14)13-7-3-2-4-12(15)16/h5-6H,2-4,7-8H2,1H3,(H,13,14)(H,15,16). The molecule has 0 saturated heterocycles. The largest absolute Gasteiger partial charge is 0.481 e. The van der Waals surface area contributed by atoms with Gasteiger partial charge < -0.3 is 10.4 Å². The van der Waals surface area contributed by atoms with Crippen LogP contribution in [0.3, 0.4) is 0 Å². The number of carbonyl (C=O) groups is 2. The van der Waals surface area contributed by atoms with E-state index in [0.29, 0.717) is 25.8 Å². The van der Waals surface area contributed by atoms with Gasteiger partial charge in [-0.15, -0.1) is 11.3 Å². The van der Waals surface area contributed by atoms with Gasteiger partial charge in [0.25, 0.3) is 0 Å². The predicted octanol–water partition coefficient (Wildman–Crippen LogP) is 1.97. The Balaban J connectivity index is 2.11. The van der Waals surface area contributed by atoms with Crippen LogP contribution in [0.4, 0.5) is 0 Å². The number of thiophene rings is 1. The molecule has 94 valence electrons. The molecule has 0 bridgehead atoms. The Bertz CT molecular complexity index is 387. The number of aliphatic carboxylic acids is 1. The topological polar surface area (TPSA) is 66.4 Å². The second-order valence-corrected chi connectivity index (χ2v) is 5.26. The maximum absolute atomic E-state index is 11.5. The van der Waals surface area contributed by atoms with Crippen molar-refractivity contribution in [2.45, 2.75) is 32.6 Å². The van der Waals surface area contributed by atoms with E-state index in [2.05, 4.69) is 5.32 Å². The van der Waals surface area contributed by atoms with Crippen LogP contribution in [0.25, 0.3) is 0 Å². The molecule has 1 aromatic rings. The molecule has 0 aliphatic carbocycles. The molecule has 4 nitrogen and oxygen atoms in total. The van der Waals surface area contributed by atoms with Gasteiger partial charge >= 0.3 is 5.97 Å². The van der Waals surface area contributed by atoms with Crippen LogP contribution in [0.2, 0.25) is 0 Å². The molecule has 0 spiro atoms. The first kappa shape index (κ1) is 13.7. The molecule has 1 amide bonds. The van der Waals surface area contributed by atoms with Crippen LogP contribution in [0.5, 0.6) is 0 Å². The summed E-state index contributed by atoms with van der Waals surface area (Å²) in [7, 11) is 0. The zero-order chi connectivity index (χ0) is 12.7. The summed E-state index contributed by atoms with van der Waals surface area (Å²) < 4.78 is 0. The van der Waals surface area contributed by atoms with Crippen molar-refractivity contribution >= 4 is 23.2 Å². The summed E-state index contributed by atoms with van der Waals surface area (Å²) in [5.41, 5.74) is 0. The molecule has 0 aliphatic heterocycles. The minimum absolute atomic E-state index is 0.00201. The normalized spacial score (nSPS) is 10.2. The summed E-state index contributed by atoms with van der Waals surface area (Å²) in [4.78, 5) is 24.0. The van der Waals surface area contributed by atoms with Crippen molar-refractivity contribution in [3.05, 3.63) is 21.9 Å². The van der Waals surface area contributed by atoms with Crippen LogP contribution in [0.15, 0.2) is 12.1 Å². The highest BCUT2D eigenvalue weighted by molar-refractivity contribution is 7.12. The fourth-order valence-corrected chi connectivity index (χ4v) is 2.32. The number of rotatable bonds is 7. The maximum Gasteiger partial charge on any atom is 0.303 e. The first-order chi connectivity index (χ1) is 8.08. The van der Waals surface area contributed by atoms with Crippen molar-refractivity contribution < 1.29 is 14.7 Å². The summed E-state index contributed by atoms with van der Waals surface area (Å²) in [5.74, 6) is -0.785. The van der Waals surface area contributed by atoms with E-state index in [4.69, 9.17) is 5.11 Å². The number of hydrogen-bond donors (Lipinski definition) is 2. The van der Waals surface area contributed by atoms with Gasteiger partial charge in [0.15, 0.2) is 0 Å². The summed E-state index contributed by atoms with van der Waals surface area (Å²) >= 11 is 1.63. The van der Waals surface area contributed by atoms with E-state index >= 15 is 0 Å². The number of amides is 1. The van der Waals surface area contributed by atoms with Crippen LogP contribution in [0.1, 0.15) is 29.0 Å². The lowest BCUT2D eigenvalue weighted by Gasteiger charge is -2.03. The molecule has 0 unspecified atom stereocenters. The van der Waals surface area contributed by atoms with Crippen LogP contribution < -0.4 is 5.32 Å². The molecular weight excluding hydrogens is 238 g/mol. The van der Waals surface area contributed by atoms with E-state index < -0.39 is 5.97 Å². The molecule has 1 heterocycles. The molecule has 0 fully saturated rings. The maximum atomic E-state index is 11.5. The highest BCUT2D eigenvalue weighted by atomic mass is 32.1. The SMILES string of the molecule is Cc1ccc(CC(=O)NCCCCC(=O)O)s1. The molecule has 5 heteroatoms. The molecule has 0 radical (unpaired) electrons. The van der Waals surface area contributed by atoms with Gasteiger partial charge in [0.2, 0.25) is 5.91 Å². The Hall–Kier alpha value is -1.36. The zero-order valence-corrected chi connectivity index (χ0v) is 10.7. The third kappa shape index (κ3) is 6.06. The van der Waals surface area contributed by atoms with Gasteiger partial charge in [-0.2, -0.15) is 0 Å².